The van der Waals surface area contributed by atoms with E-state index in [1.807, 2.05) is 81.9 Å². The quantitative estimate of drug-likeness (QED) is 0.148. The summed E-state index contributed by atoms with van der Waals surface area (Å²) < 4.78 is 49.8. The lowest BCUT2D eigenvalue weighted by atomic mass is 9.94. The van der Waals surface area contributed by atoms with Gasteiger partial charge in [-0.25, -0.2) is 0 Å². The molecule has 0 bridgehead atoms. The maximum absolute atomic E-state index is 15.3. The van der Waals surface area contributed by atoms with Crippen molar-refractivity contribution in [3.05, 3.63) is 238 Å². The molecule has 14 heteroatoms. The molecule has 0 aliphatic rings. The summed E-state index contributed by atoms with van der Waals surface area (Å²) in [4.78, 5) is 0. The van der Waals surface area contributed by atoms with E-state index in [1.54, 1.807) is 60.7 Å². The zero-order valence-corrected chi connectivity index (χ0v) is 43.4. The van der Waals surface area contributed by atoms with Gasteiger partial charge in [0.15, 0.2) is 0 Å². The van der Waals surface area contributed by atoms with E-state index in [-0.39, 0.29) is 72.6 Å². The van der Waals surface area contributed by atoms with Crippen molar-refractivity contribution in [3.8, 4) is 122 Å². The molecule has 0 saturated carbocycles. The van der Waals surface area contributed by atoms with E-state index in [9.17, 15) is 47.4 Å². The Hall–Kier alpha value is -13.0. The lowest BCUT2D eigenvalue weighted by Gasteiger charge is -2.21. The fourth-order valence-corrected chi connectivity index (χ4v) is 11.2. The maximum atomic E-state index is 15.3. The van der Waals surface area contributed by atoms with Crippen LogP contribution in [-0.4, -0.2) is 9.13 Å². The van der Waals surface area contributed by atoms with Gasteiger partial charge in [0.1, 0.15) is 0 Å². The Bertz CT molecular complexity index is 4930. The number of hydrogen-bond donors (Lipinski definition) is 0. The van der Waals surface area contributed by atoms with Gasteiger partial charge in [-0.2, -0.15) is 60.5 Å². The van der Waals surface area contributed by atoms with Gasteiger partial charge in [0.2, 0.25) is 0 Å². The molecule has 0 N–H and O–H groups in total. The van der Waals surface area contributed by atoms with Gasteiger partial charge < -0.3 is 9.13 Å². The fraction of sp³-hybridized carbons (Fsp3) is 0.0143. The summed E-state index contributed by atoms with van der Waals surface area (Å²) in [6.45, 7) is 0. The number of aromatic nitrogens is 2. The predicted molar refractivity (Wildman–Crippen MR) is 310 cm³/mol. The molecule has 84 heavy (non-hydrogen) atoms. The number of nitrogens with zero attached hydrogens (tertiary/aromatic N) is 11. The van der Waals surface area contributed by atoms with E-state index < -0.39 is 11.7 Å². The number of fused-ring (bicyclic) bond motifs is 6. The van der Waals surface area contributed by atoms with Gasteiger partial charge in [0, 0.05) is 27.1 Å². The highest BCUT2D eigenvalue weighted by atomic mass is 19.4. The largest absolute Gasteiger partial charge is 0.417 e. The van der Waals surface area contributed by atoms with Gasteiger partial charge in [-0.15, -0.1) is 0 Å². The van der Waals surface area contributed by atoms with E-state index in [0.717, 1.165) is 6.07 Å². The number of rotatable bonds is 7. The first kappa shape index (κ1) is 51.7. The van der Waals surface area contributed by atoms with Gasteiger partial charge in [-0.3, -0.25) is 0 Å². The highest BCUT2D eigenvalue weighted by Gasteiger charge is 2.35. The molecule has 12 rings (SSSR count). The van der Waals surface area contributed by atoms with E-state index in [1.165, 1.54) is 42.5 Å². The summed E-state index contributed by atoms with van der Waals surface area (Å²) >= 11 is 0. The number of alkyl halides is 3. The van der Waals surface area contributed by atoms with Crippen molar-refractivity contribution >= 4 is 43.6 Å². The summed E-state index contributed by atoms with van der Waals surface area (Å²) in [6, 6.07) is 68.8. The molecular weight excluding hydrogens is 1050 g/mol. The van der Waals surface area contributed by atoms with E-state index in [0.29, 0.717) is 88.1 Å². The first-order chi connectivity index (χ1) is 40.8. The molecular formula is C70H30F3N11. The second-order valence-corrected chi connectivity index (χ2v) is 19.7. The Morgan fingerprint density at radius 3 is 0.833 bits per heavy atom. The summed E-state index contributed by atoms with van der Waals surface area (Å²) in [5.41, 5.74) is 7.34. The van der Waals surface area contributed by atoms with Crippen LogP contribution < -0.4 is 0 Å². The molecule has 0 unspecified atom stereocenters. The van der Waals surface area contributed by atoms with Crippen molar-refractivity contribution in [1.82, 2.24) is 9.13 Å². The fourth-order valence-electron chi connectivity index (χ4n) is 11.2. The van der Waals surface area contributed by atoms with Crippen molar-refractivity contribution in [2.75, 3.05) is 0 Å². The minimum Gasteiger partial charge on any atom is -0.307 e. The molecule has 386 valence electrons. The second kappa shape index (κ2) is 20.3. The molecule has 11 nitrogen and oxygen atoms in total. The molecule has 0 fully saturated rings. The van der Waals surface area contributed by atoms with Crippen LogP contribution in [-0.2, 0) is 6.18 Å². The van der Waals surface area contributed by atoms with Gasteiger partial charge in [0.25, 0.3) is 0 Å². The van der Waals surface area contributed by atoms with Crippen LogP contribution in [0.2, 0.25) is 0 Å². The first-order valence-electron chi connectivity index (χ1n) is 25.5. The number of hydrogen-bond acceptors (Lipinski definition) is 9. The van der Waals surface area contributed by atoms with Crippen LogP contribution in [0.15, 0.2) is 182 Å². The smallest absolute Gasteiger partial charge is 0.307 e. The monoisotopic (exact) mass is 1080 g/mol. The average Bonchev–Trinajstić information content (AvgIpc) is 1.77. The topological polar surface area (TPSA) is 224 Å². The summed E-state index contributed by atoms with van der Waals surface area (Å²) in [5.74, 6) is 0. The average molecular weight is 1080 g/mol. The zero-order chi connectivity index (χ0) is 58.6. The standard InChI is InChI=1S/C70H30F3N11/c71-70(72,73)63-4-2-1-3-57(63)62-30-69(84-66-27-50(54-21-44(35-78)15-45(22-54)36-79)7-11-60(66)61-12-8-51(28-67(61)84)55-23-46(37-80)16-47(24-55)38-81)68(29-56(62)39-82)83-64-25-48(52-17-40(31-74)13-41(18-52)32-75)5-9-58(64)59-10-6-49(26-65(59)83)53-19-42(33-76)14-43(20-53)34-77/h1-30H. The summed E-state index contributed by atoms with van der Waals surface area (Å²) in [5, 5.41) is 94.7. The Kier molecular flexibility index (Phi) is 12.5. The van der Waals surface area contributed by atoms with Crippen LogP contribution in [0.3, 0.4) is 0 Å². The highest BCUT2D eigenvalue weighted by Crippen LogP contribution is 2.46. The van der Waals surface area contributed by atoms with E-state index in [4.69, 9.17) is 0 Å². The molecule has 0 saturated heterocycles. The van der Waals surface area contributed by atoms with Crippen LogP contribution >= 0.6 is 0 Å². The number of halogens is 3. The molecule has 0 spiro atoms. The lowest BCUT2D eigenvalue weighted by Crippen LogP contribution is -2.09. The minimum atomic E-state index is -4.87. The zero-order valence-electron chi connectivity index (χ0n) is 43.4. The molecule has 0 radical (unpaired) electrons. The molecule has 2 aromatic heterocycles. The third-order valence-corrected chi connectivity index (χ3v) is 14.9. The van der Waals surface area contributed by atoms with Crippen molar-refractivity contribution in [2.24, 2.45) is 0 Å². The molecule has 2 heterocycles. The Balaban J connectivity index is 1.29. The molecule has 12 aromatic rings. The van der Waals surface area contributed by atoms with Crippen molar-refractivity contribution in [3.63, 3.8) is 0 Å². The highest BCUT2D eigenvalue weighted by molar-refractivity contribution is 6.14. The molecule has 0 amide bonds. The summed E-state index contributed by atoms with van der Waals surface area (Å²) in [6.07, 6.45) is -4.87. The van der Waals surface area contributed by atoms with E-state index >= 15 is 13.2 Å². The van der Waals surface area contributed by atoms with Crippen LogP contribution in [0.5, 0.6) is 0 Å². The third-order valence-electron chi connectivity index (χ3n) is 14.9. The molecule has 0 aliphatic carbocycles. The predicted octanol–water partition coefficient (Wildman–Crippen LogP) is 16.1. The van der Waals surface area contributed by atoms with Crippen molar-refractivity contribution in [2.45, 2.75) is 6.18 Å². The van der Waals surface area contributed by atoms with Crippen molar-refractivity contribution < 1.29 is 13.2 Å². The van der Waals surface area contributed by atoms with Gasteiger partial charge in [-0.1, -0.05) is 66.7 Å². The van der Waals surface area contributed by atoms with Crippen LogP contribution in [0.25, 0.3) is 111 Å². The van der Waals surface area contributed by atoms with Gasteiger partial charge in [-0.05, 0) is 165 Å². The normalized spacial score (nSPS) is 10.9. The Morgan fingerprint density at radius 2 is 0.560 bits per heavy atom. The lowest BCUT2D eigenvalue weighted by molar-refractivity contribution is -0.137. The second-order valence-electron chi connectivity index (χ2n) is 19.7. The molecule has 10 aromatic carbocycles. The van der Waals surface area contributed by atoms with Crippen LogP contribution in [0.4, 0.5) is 13.2 Å². The first-order valence-corrected chi connectivity index (χ1v) is 25.5. The minimum absolute atomic E-state index is 0.0656. The van der Waals surface area contributed by atoms with Crippen LogP contribution in [0, 0.1) is 102 Å². The molecule has 0 aliphatic heterocycles. The Labute approximate surface area is 476 Å². The van der Waals surface area contributed by atoms with E-state index in [2.05, 4.69) is 54.6 Å². The van der Waals surface area contributed by atoms with Crippen molar-refractivity contribution in [1.29, 1.82) is 47.4 Å². The number of benzene rings is 10. The van der Waals surface area contributed by atoms with Gasteiger partial charge >= 0.3 is 6.18 Å². The number of nitriles is 9. The third kappa shape index (κ3) is 8.84. The SMILES string of the molecule is N#Cc1cc(C#N)cc(-c2ccc3c4ccc(-c5cc(C#N)cc(C#N)c5)cc4n(-c4cc(C#N)c(-c5ccccc5C(F)(F)F)cc4-n4c5cc(-c6cc(C#N)cc(C#N)c6)ccc5c5ccc(-c6cc(C#N)cc(C#N)c6)cc54)c3c2)c1. The summed E-state index contributed by atoms with van der Waals surface area (Å²) in [7, 11) is 0. The maximum Gasteiger partial charge on any atom is 0.417 e. The Morgan fingerprint density at radius 1 is 0.274 bits per heavy atom. The molecule has 0 atom stereocenters. The van der Waals surface area contributed by atoms with Gasteiger partial charge in [0.05, 0.1) is 144 Å². The van der Waals surface area contributed by atoms with Crippen LogP contribution in [0.1, 0.15) is 55.6 Å².